The van der Waals surface area contributed by atoms with Crippen LogP contribution in [-0.4, -0.2) is 27.1 Å². The Balaban J connectivity index is 1.79. The molecular weight excluding hydrogens is 384 g/mol. The zero-order valence-electron chi connectivity index (χ0n) is 17.9. The lowest BCUT2D eigenvalue weighted by molar-refractivity contribution is -0.120. The van der Waals surface area contributed by atoms with E-state index >= 15 is 0 Å². The molecule has 1 aliphatic rings. The van der Waals surface area contributed by atoms with Crippen molar-refractivity contribution in [2.24, 2.45) is 0 Å². The van der Waals surface area contributed by atoms with Gasteiger partial charge in [-0.15, -0.1) is 0 Å². The van der Waals surface area contributed by atoms with Gasteiger partial charge in [-0.1, -0.05) is 35.9 Å². The Morgan fingerprint density at radius 2 is 1.69 bits per heavy atom. The fourth-order valence-corrected chi connectivity index (χ4v) is 5.26. The predicted molar refractivity (Wildman–Crippen MR) is 118 cm³/mol. The molecule has 0 aromatic heterocycles. The Bertz CT molecular complexity index is 1020. The number of hydrogen-bond acceptors (Lipinski definition) is 3. The van der Waals surface area contributed by atoms with Crippen molar-refractivity contribution in [1.29, 1.82) is 0 Å². The first-order valence-electron chi connectivity index (χ1n) is 10.0. The molecule has 2 aromatic carbocycles. The standard InChI is InChI=1S/C23H30N2O3S/c1-15-11-16(2)23(17(3)12-15)25(29(5,27)28)14-22(26)24-18(4)20-10-9-19-7-6-8-21(19)13-20/h9-13,18H,6-8,14H2,1-5H3,(H,24,26)/t18-/m1/s1. The molecule has 0 spiro atoms. The quantitative estimate of drug-likeness (QED) is 0.783. The second kappa shape index (κ2) is 8.19. The molecule has 0 saturated heterocycles. The average Bonchev–Trinajstić information content (AvgIpc) is 3.06. The number of sulfonamides is 1. The Labute approximate surface area is 174 Å². The molecule has 5 nitrogen and oxygen atoms in total. The maximum atomic E-state index is 12.8. The molecule has 0 fully saturated rings. The maximum Gasteiger partial charge on any atom is 0.241 e. The number of benzene rings is 2. The van der Waals surface area contributed by atoms with Gasteiger partial charge in [-0.05, 0) is 74.8 Å². The highest BCUT2D eigenvalue weighted by Crippen LogP contribution is 2.29. The predicted octanol–water partition coefficient (Wildman–Crippen LogP) is 3.74. The summed E-state index contributed by atoms with van der Waals surface area (Å²) in [4.78, 5) is 12.8. The summed E-state index contributed by atoms with van der Waals surface area (Å²) >= 11 is 0. The van der Waals surface area contributed by atoms with Gasteiger partial charge in [-0.25, -0.2) is 8.42 Å². The third-order valence-electron chi connectivity index (χ3n) is 5.57. The van der Waals surface area contributed by atoms with Crippen molar-refractivity contribution in [2.45, 2.75) is 53.0 Å². The van der Waals surface area contributed by atoms with Crippen LogP contribution in [-0.2, 0) is 27.7 Å². The van der Waals surface area contributed by atoms with Gasteiger partial charge in [0.25, 0.3) is 0 Å². The van der Waals surface area contributed by atoms with Gasteiger partial charge in [0.1, 0.15) is 6.54 Å². The molecule has 0 unspecified atom stereocenters. The summed E-state index contributed by atoms with van der Waals surface area (Å²) in [6.07, 6.45) is 4.52. The molecule has 2 aromatic rings. The summed E-state index contributed by atoms with van der Waals surface area (Å²) in [6, 6.07) is 10.0. The summed E-state index contributed by atoms with van der Waals surface area (Å²) in [5, 5.41) is 2.96. The lowest BCUT2D eigenvalue weighted by atomic mass is 10.0. The molecule has 3 rings (SSSR count). The zero-order chi connectivity index (χ0) is 21.3. The number of fused-ring (bicyclic) bond motifs is 1. The van der Waals surface area contributed by atoms with Crippen molar-refractivity contribution in [1.82, 2.24) is 5.32 Å². The number of carbonyl (C=O) groups excluding carboxylic acids is 1. The van der Waals surface area contributed by atoms with Crippen LogP contribution in [0.4, 0.5) is 5.69 Å². The molecule has 0 aliphatic heterocycles. The lowest BCUT2D eigenvalue weighted by Crippen LogP contribution is -2.41. The molecule has 0 saturated carbocycles. The molecular formula is C23H30N2O3S. The van der Waals surface area contributed by atoms with Gasteiger partial charge in [-0.2, -0.15) is 0 Å². The van der Waals surface area contributed by atoms with Crippen molar-refractivity contribution in [3.63, 3.8) is 0 Å². The lowest BCUT2D eigenvalue weighted by Gasteiger charge is -2.26. The summed E-state index contributed by atoms with van der Waals surface area (Å²) in [6.45, 7) is 7.41. The molecule has 6 heteroatoms. The van der Waals surface area contributed by atoms with E-state index < -0.39 is 10.0 Å². The van der Waals surface area contributed by atoms with Crippen LogP contribution < -0.4 is 9.62 Å². The van der Waals surface area contributed by atoms with E-state index in [0.29, 0.717) is 5.69 Å². The fourth-order valence-electron chi connectivity index (χ4n) is 4.29. The van der Waals surface area contributed by atoms with Crippen molar-refractivity contribution in [2.75, 3.05) is 17.1 Å². The number of carbonyl (C=O) groups is 1. The Hall–Kier alpha value is -2.34. The number of amides is 1. The second-order valence-corrected chi connectivity index (χ2v) is 10.1. The molecule has 1 amide bonds. The number of aryl methyl sites for hydroxylation is 5. The Morgan fingerprint density at radius 1 is 1.07 bits per heavy atom. The normalized spacial score (nSPS) is 14.4. The van der Waals surface area contributed by atoms with Gasteiger partial charge >= 0.3 is 0 Å². The summed E-state index contributed by atoms with van der Waals surface area (Å²) in [5.41, 5.74) is 7.12. The van der Waals surface area contributed by atoms with E-state index in [4.69, 9.17) is 0 Å². The Morgan fingerprint density at radius 3 is 2.31 bits per heavy atom. The van der Waals surface area contributed by atoms with E-state index in [-0.39, 0.29) is 18.5 Å². The third-order valence-corrected chi connectivity index (χ3v) is 6.68. The molecule has 0 bridgehead atoms. The van der Waals surface area contributed by atoms with E-state index in [9.17, 15) is 13.2 Å². The monoisotopic (exact) mass is 414 g/mol. The van der Waals surface area contributed by atoms with Crippen molar-refractivity contribution in [3.8, 4) is 0 Å². The van der Waals surface area contributed by atoms with Crippen molar-refractivity contribution in [3.05, 3.63) is 63.7 Å². The molecule has 1 N–H and O–H groups in total. The highest BCUT2D eigenvalue weighted by Gasteiger charge is 2.25. The highest BCUT2D eigenvalue weighted by atomic mass is 32.2. The Kier molecular flexibility index (Phi) is 6.03. The average molecular weight is 415 g/mol. The van der Waals surface area contributed by atoms with Crippen LogP contribution in [0.5, 0.6) is 0 Å². The van der Waals surface area contributed by atoms with Gasteiger partial charge < -0.3 is 5.32 Å². The molecule has 29 heavy (non-hydrogen) atoms. The van der Waals surface area contributed by atoms with Crippen LogP contribution in [0.3, 0.4) is 0 Å². The van der Waals surface area contributed by atoms with E-state index in [0.717, 1.165) is 41.4 Å². The van der Waals surface area contributed by atoms with Gasteiger partial charge in [0.05, 0.1) is 18.0 Å². The number of nitrogens with zero attached hydrogens (tertiary/aromatic N) is 1. The van der Waals surface area contributed by atoms with Gasteiger partial charge in [0.2, 0.25) is 15.9 Å². The van der Waals surface area contributed by atoms with Crippen LogP contribution in [0, 0.1) is 20.8 Å². The summed E-state index contributed by atoms with van der Waals surface area (Å²) in [5.74, 6) is -0.317. The number of anilines is 1. The number of hydrogen-bond donors (Lipinski definition) is 1. The molecule has 156 valence electrons. The van der Waals surface area contributed by atoms with Gasteiger partial charge in [0, 0.05) is 0 Å². The van der Waals surface area contributed by atoms with Crippen LogP contribution in [0.2, 0.25) is 0 Å². The SMILES string of the molecule is Cc1cc(C)c(N(CC(=O)N[C@H](C)c2ccc3c(c2)CCC3)S(C)(=O)=O)c(C)c1. The largest absolute Gasteiger partial charge is 0.348 e. The van der Waals surface area contributed by atoms with Crippen LogP contribution in [0.15, 0.2) is 30.3 Å². The van der Waals surface area contributed by atoms with Gasteiger partial charge in [0.15, 0.2) is 0 Å². The van der Waals surface area contributed by atoms with E-state index in [1.807, 2.05) is 39.8 Å². The van der Waals surface area contributed by atoms with Crippen LogP contribution in [0.1, 0.15) is 52.8 Å². The van der Waals surface area contributed by atoms with Gasteiger partial charge in [-0.3, -0.25) is 9.10 Å². The zero-order valence-corrected chi connectivity index (χ0v) is 18.7. The first-order chi connectivity index (χ1) is 13.6. The molecule has 1 aliphatic carbocycles. The van der Waals surface area contributed by atoms with Crippen molar-refractivity contribution >= 4 is 21.6 Å². The van der Waals surface area contributed by atoms with Crippen molar-refractivity contribution < 1.29 is 13.2 Å². The molecule has 0 radical (unpaired) electrons. The van der Waals surface area contributed by atoms with Crippen LogP contribution >= 0.6 is 0 Å². The minimum atomic E-state index is -3.61. The first-order valence-corrected chi connectivity index (χ1v) is 11.9. The smallest absolute Gasteiger partial charge is 0.241 e. The second-order valence-electron chi connectivity index (χ2n) is 8.19. The maximum absolute atomic E-state index is 12.8. The minimum absolute atomic E-state index is 0.185. The van der Waals surface area contributed by atoms with E-state index in [1.54, 1.807) is 0 Å². The third kappa shape index (κ3) is 4.81. The number of nitrogens with one attached hydrogen (secondary N) is 1. The highest BCUT2D eigenvalue weighted by molar-refractivity contribution is 7.92. The number of rotatable bonds is 6. The topological polar surface area (TPSA) is 66.5 Å². The molecule has 0 heterocycles. The minimum Gasteiger partial charge on any atom is -0.348 e. The first kappa shape index (κ1) is 21.4. The summed E-state index contributed by atoms with van der Waals surface area (Å²) in [7, 11) is -3.61. The van der Waals surface area contributed by atoms with E-state index in [1.165, 1.54) is 21.9 Å². The summed E-state index contributed by atoms with van der Waals surface area (Å²) < 4.78 is 26.2. The fraction of sp³-hybridized carbons (Fsp3) is 0.435. The van der Waals surface area contributed by atoms with Crippen LogP contribution in [0.25, 0.3) is 0 Å². The van der Waals surface area contributed by atoms with E-state index in [2.05, 4.69) is 23.5 Å². The molecule has 1 atom stereocenters.